The number of rotatable bonds is 3. The standard InChI is InChI=1S/C8H18O2SSi/c1-7(9)11-8(2)12-6-4-3-5-10-12/h7-9,12H,3-6H2,1-2H3. The van der Waals surface area contributed by atoms with Crippen molar-refractivity contribution in [1.29, 1.82) is 0 Å². The van der Waals surface area contributed by atoms with E-state index in [0.29, 0.717) is 4.87 Å². The number of aliphatic hydroxyl groups excluding tert-OH is 1. The highest BCUT2D eigenvalue weighted by atomic mass is 32.2. The maximum absolute atomic E-state index is 9.18. The second kappa shape index (κ2) is 5.27. The molecule has 12 heavy (non-hydrogen) atoms. The molecule has 0 aromatic carbocycles. The molecule has 2 nitrogen and oxygen atoms in total. The summed E-state index contributed by atoms with van der Waals surface area (Å²) >= 11 is 1.65. The Labute approximate surface area is 80.4 Å². The van der Waals surface area contributed by atoms with Gasteiger partial charge in [0.2, 0.25) is 0 Å². The second-order valence-electron chi connectivity index (χ2n) is 3.35. The fourth-order valence-corrected chi connectivity index (χ4v) is 6.25. The molecule has 72 valence electrons. The zero-order valence-electron chi connectivity index (χ0n) is 7.82. The van der Waals surface area contributed by atoms with Crippen LogP contribution < -0.4 is 0 Å². The third kappa shape index (κ3) is 3.47. The van der Waals surface area contributed by atoms with Crippen molar-refractivity contribution in [3.63, 3.8) is 0 Å². The van der Waals surface area contributed by atoms with E-state index in [0.717, 1.165) is 6.61 Å². The molecule has 4 heteroatoms. The van der Waals surface area contributed by atoms with Crippen molar-refractivity contribution < 1.29 is 9.53 Å². The highest BCUT2D eigenvalue weighted by molar-refractivity contribution is 8.01. The number of thioether (sulfide) groups is 1. The molecule has 1 fully saturated rings. The Morgan fingerprint density at radius 2 is 2.17 bits per heavy atom. The molecule has 1 rings (SSSR count). The fraction of sp³-hybridized carbons (Fsp3) is 1.00. The Bertz CT molecular complexity index is 126. The summed E-state index contributed by atoms with van der Waals surface area (Å²) in [6, 6.07) is 1.29. The van der Waals surface area contributed by atoms with Gasteiger partial charge in [-0.1, -0.05) is 13.3 Å². The van der Waals surface area contributed by atoms with Gasteiger partial charge < -0.3 is 9.53 Å². The van der Waals surface area contributed by atoms with Crippen LogP contribution >= 0.6 is 11.8 Å². The average molecular weight is 206 g/mol. The Hall–Kier alpha value is 0.487. The monoisotopic (exact) mass is 206 g/mol. The zero-order valence-corrected chi connectivity index (χ0v) is 9.80. The van der Waals surface area contributed by atoms with Gasteiger partial charge in [-0.3, -0.25) is 0 Å². The van der Waals surface area contributed by atoms with E-state index in [1.54, 1.807) is 11.8 Å². The van der Waals surface area contributed by atoms with Crippen LogP contribution in [0.3, 0.4) is 0 Å². The molecule has 0 amide bonds. The Kier molecular flexibility index (Phi) is 4.64. The maximum Gasteiger partial charge on any atom is 0.189 e. The van der Waals surface area contributed by atoms with E-state index in [-0.39, 0.29) is 5.44 Å². The maximum atomic E-state index is 9.18. The van der Waals surface area contributed by atoms with Crippen molar-refractivity contribution in [2.24, 2.45) is 0 Å². The molecule has 0 bridgehead atoms. The first kappa shape index (κ1) is 10.6. The normalized spacial score (nSPS) is 29.8. The minimum absolute atomic E-state index is 0.238. The third-order valence-electron chi connectivity index (χ3n) is 2.15. The van der Waals surface area contributed by atoms with E-state index in [4.69, 9.17) is 4.43 Å². The minimum atomic E-state index is -0.973. The molecule has 1 heterocycles. The van der Waals surface area contributed by atoms with Crippen molar-refractivity contribution in [2.45, 2.75) is 43.0 Å². The first-order valence-corrected chi connectivity index (χ1v) is 7.55. The van der Waals surface area contributed by atoms with Crippen molar-refractivity contribution >= 4 is 20.8 Å². The Morgan fingerprint density at radius 1 is 1.42 bits per heavy atom. The van der Waals surface area contributed by atoms with Gasteiger partial charge in [0, 0.05) is 11.5 Å². The summed E-state index contributed by atoms with van der Waals surface area (Å²) in [7, 11) is -0.973. The van der Waals surface area contributed by atoms with Crippen molar-refractivity contribution in [2.75, 3.05) is 6.61 Å². The van der Waals surface area contributed by atoms with Crippen LogP contribution in [0.4, 0.5) is 0 Å². The van der Waals surface area contributed by atoms with E-state index >= 15 is 0 Å². The molecular formula is C8H18O2SSi. The van der Waals surface area contributed by atoms with Gasteiger partial charge in [-0.15, -0.1) is 11.8 Å². The van der Waals surface area contributed by atoms with Crippen LogP contribution in [-0.4, -0.2) is 31.1 Å². The molecule has 1 N–H and O–H groups in total. The van der Waals surface area contributed by atoms with Crippen LogP contribution in [0.25, 0.3) is 0 Å². The van der Waals surface area contributed by atoms with Crippen molar-refractivity contribution in [1.82, 2.24) is 0 Å². The quantitative estimate of drug-likeness (QED) is 0.561. The van der Waals surface area contributed by atoms with Crippen LogP contribution in [0, 0.1) is 0 Å². The molecule has 1 saturated heterocycles. The first-order chi connectivity index (χ1) is 5.70. The van der Waals surface area contributed by atoms with E-state index < -0.39 is 9.04 Å². The van der Waals surface area contributed by atoms with E-state index in [1.165, 1.54) is 18.9 Å². The van der Waals surface area contributed by atoms with Gasteiger partial charge in [0.25, 0.3) is 0 Å². The van der Waals surface area contributed by atoms with Gasteiger partial charge in [-0.2, -0.15) is 0 Å². The molecule has 0 radical (unpaired) electrons. The lowest BCUT2D eigenvalue weighted by Gasteiger charge is -2.26. The largest absolute Gasteiger partial charge is 0.419 e. The summed E-state index contributed by atoms with van der Waals surface area (Å²) in [5.41, 5.74) is -0.238. The predicted molar refractivity (Wildman–Crippen MR) is 55.9 cm³/mol. The topological polar surface area (TPSA) is 29.5 Å². The second-order valence-corrected chi connectivity index (χ2v) is 8.51. The average Bonchev–Trinajstić information content (AvgIpc) is 2.05. The van der Waals surface area contributed by atoms with Crippen LogP contribution in [0.2, 0.25) is 6.04 Å². The third-order valence-corrected chi connectivity index (χ3v) is 7.04. The molecule has 0 spiro atoms. The van der Waals surface area contributed by atoms with Gasteiger partial charge in [-0.05, 0) is 19.4 Å². The Morgan fingerprint density at radius 3 is 2.67 bits per heavy atom. The van der Waals surface area contributed by atoms with Gasteiger partial charge >= 0.3 is 0 Å². The lowest BCUT2D eigenvalue weighted by Crippen LogP contribution is -2.33. The van der Waals surface area contributed by atoms with E-state index in [9.17, 15) is 5.11 Å². The van der Waals surface area contributed by atoms with Gasteiger partial charge in [0.05, 0.1) is 5.44 Å². The number of aliphatic hydroxyl groups is 1. The molecule has 1 aliphatic heterocycles. The highest BCUT2D eigenvalue weighted by Crippen LogP contribution is 2.24. The van der Waals surface area contributed by atoms with Crippen LogP contribution in [0.15, 0.2) is 0 Å². The molecule has 3 atom stereocenters. The van der Waals surface area contributed by atoms with Crippen LogP contribution in [-0.2, 0) is 4.43 Å². The summed E-state index contributed by atoms with van der Waals surface area (Å²) in [6.07, 6.45) is 2.57. The minimum Gasteiger partial charge on any atom is -0.419 e. The molecule has 0 aromatic heterocycles. The zero-order chi connectivity index (χ0) is 8.97. The fourth-order valence-electron chi connectivity index (χ4n) is 1.53. The summed E-state index contributed by atoms with van der Waals surface area (Å²) in [4.78, 5) is 0.560. The van der Waals surface area contributed by atoms with E-state index in [2.05, 4.69) is 6.92 Å². The molecule has 0 aromatic rings. The molecule has 3 unspecified atom stereocenters. The SMILES string of the molecule is CC(O)SC(C)[SiH]1CCCCO1. The summed E-state index contributed by atoms with van der Waals surface area (Å²) in [5, 5.41) is 9.18. The summed E-state index contributed by atoms with van der Waals surface area (Å²) < 4.78 is 5.75. The predicted octanol–water partition coefficient (Wildman–Crippen LogP) is 1.52. The molecule has 0 saturated carbocycles. The summed E-state index contributed by atoms with van der Waals surface area (Å²) in [6.45, 7) is 4.99. The molecular weight excluding hydrogens is 188 g/mol. The lowest BCUT2D eigenvalue weighted by atomic mass is 10.4. The summed E-state index contributed by atoms with van der Waals surface area (Å²) in [5.74, 6) is 0. The van der Waals surface area contributed by atoms with Gasteiger partial charge in [-0.25, -0.2) is 0 Å². The van der Waals surface area contributed by atoms with Gasteiger partial charge in [0.1, 0.15) is 0 Å². The van der Waals surface area contributed by atoms with Crippen LogP contribution in [0.1, 0.15) is 26.7 Å². The number of hydrogen-bond donors (Lipinski definition) is 1. The van der Waals surface area contributed by atoms with E-state index in [1.807, 2.05) is 6.92 Å². The first-order valence-electron chi connectivity index (χ1n) is 4.65. The lowest BCUT2D eigenvalue weighted by molar-refractivity contribution is 0.278. The highest BCUT2D eigenvalue weighted by Gasteiger charge is 2.24. The van der Waals surface area contributed by atoms with Crippen LogP contribution in [0.5, 0.6) is 0 Å². The van der Waals surface area contributed by atoms with Crippen molar-refractivity contribution in [3.8, 4) is 0 Å². The smallest absolute Gasteiger partial charge is 0.189 e. The number of hydrogen-bond acceptors (Lipinski definition) is 3. The molecule has 1 aliphatic rings. The van der Waals surface area contributed by atoms with Gasteiger partial charge in [0.15, 0.2) is 9.04 Å². The molecule has 0 aliphatic carbocycles. The van der Waals surface area contributed by atoms with Crippen molar-refractivity contribution in [3.05, 3.63) is 0 Å². The Balaban J connectivity index is 2.24.